The van der Waals surface area contributed by atoms with Crippen LogP contribution in [0.1, 0.15) is 16.3 Å². The highest BCUT2D eigenvalue weighted by atomic mass is 16.5. The van der Waals surface area contributed by atoms with Gasteiger partial charge >= 0.3 is 5.97 Å². The van der Waals surface area contributed by atoms with E-state index in [-0.39, 0.29) is 12.3 Å². The molecule has 3 rings (SSSR count). The first-order chi connectivity index (χ1) is 14.9. The van der Waals surface area contributed by atoms with Gasteiger partial charge in [0.15, 0.2) is 6.61 Å². The minimum absolute atomic E-state index is 0.0200. The molecule has 3 aromatic rings. The Hall–Kier alpha value is -4.08. The summed E-state index contributed by atoms with van der Waals surface area (Å²) in [5, 5.41) is 6.73. The average molecular weight is 426 g/mol. The maximum atomic E-state index is 12.2. The summed E-state index contributed by atoms with van der Waals surface area (Å²) in [6, 6.07) is 11.7. The number of carbonyl (C=O) groups excluding carboxylic acids is 3. The zero-order chi connectivity index (χ0) is 22.2. The van der Waals surface area contributed by atoms with E-state index in [4.69, 9.17) is 13.9 Å². The molecule has 0 aliphatic rings. The van der Waals surface area contributed by atoms with E-state index in [1.807, 2.05) is 0 Å². The quantitative estimate of drug-likeness (QED) is 0.519. The van der Waals surface area contributed by atoms with Gasteiger partial charge in [0.05, 0.1) is 20.2 Å². The number of methoxy groups -OCH3 is 1. The van der Waals surface area contributed by atoms with Crippen LogP contribution in [-0.2, 0) is 20.9 Å². The smallest absolute Gasteiger partial charge is 0.374 e. The molecule has 162 valence electrons. The summed E-state index contributed by atoms with van der Waals surface area (Å²) in [6.45, 7) is -0.357. The van der Waals surface area contributed by atoms with Crippen LogP contribution in [0.3, 0.4) is 0 Å². The minimum atomic E-state index is -0.769. The number of nitrogens with one attached hydrogen (secondary N) is 1. The molecule has 0 bridgehead atoms. The summed E-state index contributed by atoms with van der Waals surface area (Å²) in [6.07, 6.45) is 3.40. The van der Waals surface area contributed by atoms with Crippen molar-refractivity contribution in [1.29, 1.82) is 0 Å². The molecule has 0 aliphatic heterocycles. The molecular weight excluding hydrogens is 404 g/mol. The number of furan rings is 1. The zero-order valence-electron chi connectivity index (χ0n) is 17.1. The third kappa shape index (κ3) is 6.20. The van der Waals surface area contributed by atoms with Crippen LogP contribution < -0.4 is 10.1 Å². The van der Waals surface area contributed by atoms with Crippen molar-refractivity contribution in [2.45, 2.75) is 6.54 Å². The first kappa shape index (κ1) is 21.6. The lowest BCUT2D eigenvalue weighted by molar-refractivity contribution is -0.136. The van der Waals surface area contributed by atoms with Crippen molar-refractivity contribution in [2.75, 3.05) is 32.6 Å². The van der Waals surface area contributed by atoms with Gasteiger partial charge in [-0.25, -0.2) is 4.79 Å². The van der Waals surface area contributed by atoms with E-state index >= 15 is 0 Å². The number of hydrogen-bond acceptors (Lipinski definition) is 7. The lowest BCUT2D eigenvalue weighted by Crippen LogP contribution is -2.37. The molecule has 10 heteroatoms. The van der Waals surface area contributed by atoms with E-state index < -0.39 is 24.4 Å². The second-order valence-corrected chi connectivity index (χ2v) is 6.58. The normalized spacial score (nSPS) is 10.4. The fourth-order valence-electron chi connectivity index (χ4n) is 2.64. The van der Waals surface area contributed by atoms with Crippen molar-refractivity contribution >= 4 is 23.5 Å². The third-order valence-electron chi connectivity index (χ3n) is 4.23. The summed E-state index contributed by atoms with van der Waals surface area (Å²) in [5.74, 6) is -0.599. The highest BCUT2D eigenvalue weighted by Crippen LogP contribution is 2.16. The van der Waals surface area contributed by atoms with E-state index in [1.54, 1.807) is 53.5 Å². The number of ether oxygens (including phenoxy) is 2. The van der Waals surface area contributed by atoms with Crippen molar-refractivity contribution in [2.24, 2.45) is 0 Å². The number of nitrogens with zero attached hydrogens (tertiary/aromatic N) is 3. The van der Waals surface area contributed by atoms with Crippen LogP contribution in [0.5, 0.6) is 5.75 Å². The molecule has 2 amide bonds. The second-order valence-electron chi connectivity index (χ2n) is 6.58. The Bertz CT molecular complexity index is 1040. The fourth-order valence-corrected chi connectivity index (χ4v) is 2.64. The highest BCUT2D eigenvalue weighted by Gasteiger charge is 2.18. The summed E-state index contributed by atoms with van der Waals surface area (Å²) >= 11 is 0. The van der Waals surface area contributed by atoms with Crippen molar-refractivity contribution in [3.05, 3.63) is 66.4 Å². The van der Waals surface area contributed by atoms with Crippen LogP contribution >= 0.6 is 0 Å². The van der Waals surface area contributed by atoms with Crippen LogP contribution in [-0.4, -0.2) is 59.8 Å². The molecule has 2 heterocycles. The van der Waals surface area contributed by atoms with Crippen LogP contribution in [0.4, 0.5) is 5.69 Å². The van der Waals surface area contributed by atoms with E-state index in [0.717, 1.165) is 4.90 Å². The largest absolute Gasteiger partial charge is 0.497 e. The molecule has 1 N–H and O–H groups in total. The van der Waals surface area contributed by atoms with E-state index in [1.165, 1.54) is 20.2 Å². The van der Waals surface area contributed by atoms with Crippen LogP contribution in [0.2, 0.25) is 0 Å². The van der Waals surface area contributed by atoms with Gasteiger partial charge in [-0.2, -0.15) is 5.10 Å². The van der Waals surface area contributed by atoms with Gasteiger partial charge in [0, 0.05) is 31.2 Å². The van der Waals surface area contributed by atoms with Crippen molar-refractivity contribution < 1.29 is 28.3 Å². The van der Waals surface area contributed by atoms with Crippen LogP contribution in [0, 0.1) is 0 Å². The Morgan fingerprint density at radius 1 is 1.19 bits per heavy atom. The molecule has 0 unspecified atom stereocenters. The zero-order valence-corrected chi connectivity index (χ0v) is 17.1. The molecular formula is C21H22N4O6. The van der Waals surface area contributed by atoms with Gasteiger partial charge in [-0.15, -0.1) is 0 Å². The number of likely N-dealkylation sites (N-methyl/N-ethyl adjacent to an activating group) is 1. The van der Waals surface area contributed by atoms with Crippen molar-refractivity contribution in [3.8, 4) is 5.75 Å². The molecule has 0 radical (unpaired) electrons. The van der Waals surface area contributed by atoms with Crippen molar-refractivity contribution in [3.63, 3.8) is 0 Å². The number of benzene rings is 1. The molecule has 31 heavy (non-hydrogen) atoms. The molecule has 0 fully saturated rings. The molecule has 0 atom stereocenters. The Morgan fingerprint density at radius 2 is 2.03 bits per heavy atom. The fraction of sp³-hybridized carbons (Fsp3) is 0.238. The Morgan fingerprint density at radius 3 is 2.77 bits per heavy atom. The molecule has 1 aromatic carbocycles. The van der Waals surface area contributed by atoms with Gasteiger partial charge in [-0.1, -0.05) is 6.07 Å². The molecule has 2 aromatic heterocycles. The maximum absolute atomic E-state index is 12.2. The lowest BCUT2D eigenvalue weighted by Gasteiger charge is -2.16. The number of anilines is 1. The predicted molar refractivity (Wildman–Crippen MR) is 110 cm³/mol. The first-order valence-electron chi connectivity index (χ1n) is 9.35. The Balaban J connectivity index is 1.44. The minimum Gasteiger partial charge on any atom is -0.497 e. The summed E-state index contributed by atoms with van der Waals surface area (Å²) < 4.78 is 17.2. The topological polar surface area (TPSA) is 116 Å². The predicted octanol–water partition coefficient (Wildman–Crippen LogP) is 1.79. The number of aromatic nitrogens is 2. The SMILES string of the molecule is COc1cccc(NC(=O)CN(C)C(=O)COC(=O)c2ccc(Cn3cccn3)o2)c1. The monoisotopic (exact) mass is 426 g/mol. The Labute approximate surface area is 178 Å². The summed E-state index contributed by atoms with van der Waals surface area (Å²) in [5.41, 5.74) is 0.542. The number of amides is 2. The number of esters is 1. The van der Waals surface area contributed by atoms with Crippen LogP contribution in [0.15, 0.2) is 59.3 Å². The van der Waals surface area contributed by atoms with Gasteiger partial charge in [-0.3, -0.25) is 14.3 Å². The van der Waals surface area contributed by atoms with E-state index in [2.05, 4.69) is 10.4 Å². The summed E-state index contributed by atoms with van der Waals surface area (Å²) in [7, 11) is 2.97. The number of hydrogen-bond donors (Lipinski definition) is 1. The lowest BCUT2D eigenvalue weighted by atomic mass is 10.3. The van der Waals surface area contributed by atoms with Gasteiger partial charge in [-0.05, 0) is 30.3 Å². The van der Waals surface area contributed by atoms with Gasteiger partial charge in [0.25, 0.3) is 5.91 Å². The molecule has 0 aliphatic carbocycles. The molecule has 0 spiro atoms. The number of carbonyl (C=O) groups is 3. The Kier molecular flexibility index (Phi) is 7.05. The maximum Gasteiger partial charge on any atom is 0.374 e. The molecule has 10 nitrogen and oxygen atoms in total. The van der Waals surface area contributed by atoms with E-state index in [0.29, 0.717) is 23.7 Å². The van der Waals surface area contributed by atoms with Crippen LogP contribution in [0.25, 0.3) is 0 Å². The van der Waals surface area contributed by atoms with Gasteiger partial charge < -0.3 is 24.1 Å². The molecule has 0 saturated carbocycles. The van der Waals surface area contributed by atoms with Gasteiger partial charge in [0.1, 0.15) is 11.5 Å². The standard InChI is InChI=1S/C21H22N4O6/c1-24(13-19(26)23-15-5-3-6-16(11-15)29-2)20(27)14-30-21(28)18-8-7-17(31-18)12-25-10-4-9-22-25/h3-11H,12-14H2,1-2H3,(H,23,26). The average Bonchev–Trinajstić information content (AvgIpc) is 3.44. The van der Waals surface area contributed by atoms with Gasteiger partial charge in [0.2, 0.25) is 11.7 Å². The highest BCUT2D eigenvalue weighted by molar-refractivity contribution is 5.95. The number of rotatable bonds is 9. The molecule has 0 saturated heterocycles. The van der Waals surface area contributed by atoms with E-state index in [9.17, 15) is 14.4 Å². The summed E-state index contributed by atoms with van der Waals surface area (Å²) in [4.78, 5) is 37.6. The van der Waals surface area contributed by atoms with Crippen molar-refractivity contribution in [1.82, 2.24) is 14.7 Å². The third-order valence-corrected chi connectivity index (χ3v) is 4.23. The first-order valence-corrected chi connectivity index (χ1v) is 9.35. The second kappa shape index (κ2) is 10.1.